The molecule has 0 spiro atoms. The van der Waals surface area contributed by atoms with Gasteiger partial charge in [-0.15, -0.1) is 0 Å². The molecule has 0 amide bonds. The normalized spacial score (nSPS) is 28.2. The summed E-state index contributed by atoms with van der Waals surface area (Å²) in [6.07, 6.45) is 5.58. The van der Waals surface area contributed by atoms with Crippen LogP contribution in [0, 0.1) is 17.3 Å². The van der Waals surface area contributed by atoms with Crippen molar-refractivity contribution in [3.8, 4) is 0 Å². The predicted molar refractivity (Wildman–Crippen MR) is 125 cm³/mol. The molecule has 1 saturated heterocycles. The number of aliphatic hydroxyl groups excluding tert-OH is 1. The maximum atomic E-state index is 10.9. The SMILES string of the molecule is C[SiH](C)OC([C@H]1C[C@@H](O)[C@H](N2CCC(Cc3ccc(Cl)cc3)CC2)C1)C(C)(C)C. The zero-order valence-corrected chi connectivity index (χ0v) is 20.8. The second-order valence-electron chi connectivity index (χ2n) is 10.6. The smallest absolute Gasteiger partial charge is 0.171 e. The molecule has 2 fully saturated rings. The van der Waals surface area contributed by atoms with Gasteiger partial charge in [0.15, 0.2) is 9.04 Å². The highest BCUT2D eigenvalue weighted by molar-refractivity contribution is 6.48. The zero-order chi connectivity index (χ0) is 21.2. The Labute approximate surface area is 184 Å². The summed E-state index contributed by atoms with van der Waals surface area (Å²) in [6.45, 7) is 13.6. The van der Waals surface area contributed by atoms with E-state index < -0.39 is 9.04 Å². The molecule has 1 aromatic carbocycles. The van der Waals surface area contributed by atoms with E-state index in [4.69, 9.17) is 16.0 Å². The van der Waals surface area contributed by atoms with E-state index in [-0.39, 0.29) is 17.6 Å². The lowest BCUT2D eigenvalue weighted by Gasteiger charge is -2.39. The molecule has 3 rings (SSSR count). The number of hydrogen-bond acceptors (Lipinski definition) is 3. The molecule has 4 atom stereocenters. The fourth-order valence-corrected chi connectivity index (χ4v) is 6.77. The molecule has 3 nitrogen and oxygen atoms in total. The quantitative estimate of drug-likeness (QED) is 0.624. The molecule has 1 aliphatic heterocycles. The van der Waals surface area contributed by atoms with Gasteiger partial charge in [0.1, 0.15) is 0 Å². The lowest BCUT2D eigenvalue weighted by molar-refractivity contribution is 0.0294. The number of likely N-dealkylation sites (tertiary alicyclic amines) is 1. The molecular formula is C24H40ClNO2Si. The number of benzene rings is 1. The third-order valence-electron chi connectivity index (χ3n) is 6.79. The van der Waals surface area contributed by atoms with Gasteiger partial charge in [-0.2, -0.15) is 0 Å². The monoisotopic (exact) mass is 437 g/mol. The van der Waals surface area contributed by atoms with E-state index in [1.807, 2.05) is 12.1 Å². The van der Waals surface area contributed by atoms with E-state index in [9.17, 15) is 5.11 Å². The van der Waals surface area contributed by atoms with Gasteiger partial charge < -0.3 is 9.53 Å². The first kappa shape index (κ1) is 23.3. The van der Waals surface area contributed by atoms with Crippen LogP contribution in [0.15, 0.2) is 24.3 Å². The molecule has 5 heteroatoms. The highest BCUT2D eigenvalue weighted by atomic mass is 35.5. The van der Waals surface area contributed by atoms with Crippen LogP contribution in [0.25, 0.3) is 0 Å². The largest absolute Gasteiger partial charge is 0.417 e. The number of rotatable bonds is 6. The van der Waals surface area contributed by atoms with Crippen molar-refractivity contribution in [2.45, 2.75) is 84.2 Å². The van der Waals surface area contributed by atoms with Crippen molar-refractivity contribution < 1.29 is 9.53 Å². The van der Waals surface area contributed by atoms with Gasteiger partial charge in [0.25, 0.3) is 0 Å². The second-order valence-corrected chi connectivity index (χ2v) is 13.5. The molecule has 164 valence electrons. The number of piperidine rings is 1. The van der Waals surface area contributed by atoms with Crippen molar-refractivity contribution >= 4 is 20.6 Å². The zero-order valence-electron chi connectivity index (χ0n) is 18.9. The Morgan fingerprint density at radius 1 is 1.14 bits per heavy atom. The summed E-state index contributed by atoms with van der Waals surface area (Å²) in [5, 5.41) is 11.7. The van der Waals surface area contributed by atoms with Crippen LogP contribution in [0.2, 0.25) is 18.1 Å². The molecule has 1 unspecified atom stereocenters. The number of hydrogen-bond donors (Lipinski definition) is 1. The minimum absolute atomic E-state index is 0.127. The van der Waals surface area contributed by atoms with Gasteiger partial charge in [-0.05, 0) is 93.2 Å². The molecule has 1 heterocycles. The van der Waals surface area contributed by atoms with Gasteiger partial charge in [0, 0.05) is 11.1 Å². The van der Waals surface area contributed by atoms with E-state index in [2.05, 4.69) is 50.9 Å². The maximum Gasteiger partial charge on any atom is 0.171 e. The van der Waals surface area contributed by atoms with E-state index >= 15 is 0 Å². The van der Waals surface area contributed by atoms with Gasteiger partial charge in [0.05, 0.1) is 12.2 Å². The van der Waals surface area contributed by atoms with E-state index in [1.165, 1.54) is 18.4 Å². The Morgan fingerprint density at radius 2 is 1.76 bits per heavy atom. The highest BCUT2D eigenvalue weighted by Crippen LogP contribution is 2.41. The summed E-state index contributed by atoms with van der Waals surface area (Å²) in [5.41, 5.74) is 1.51. The molecular weight excluding hydrogens is 398 g/mol. The number of halogens is 1. The third kappa shape index (κ3) is 6.30. The Bertz CT molecular complexity index is 637. The van der Waals surface area contributed by atoms with Gasteiger partial charge >= 0.3 is 0 Å². The van der Waals surface area contributed by atoms with Crippen LogP contribution < -0.4 is 0 Å². The maximum absolute atomic E-state index is 10.9. The molecule has 1 saturated carbocycles. The number of nitrogens with zero attached hydrogens (tertiary/aromatic N) is 1. The standard InChI is InChI=1S/C24H40ClNO2Si/c1-24(2,3)23(28-29(4)5)19-15-21(22(27)16-19)26-12-10-18(11-13-26)14-17-6-8-20(25)9-7-17/h6-9,18-19,21-23,27,29H,10-16H2,1-5H3/t19-,21-,22-,23?/m1/s1. The topological polar surface area (TPSA) is 32.7 Å². The first-order valence-corrected chi connectivity index (χ1v) is 14.6. The Kier molecular flexibility index (Phi) is 7.88. The van der Waals surface area contributed by atoms with Crippen LogP contribution in [0.5, 0.6) is 0 Å². The van der Waals surface area contributed by atoms with Crippen molar-refractivity contribution in [1.29, 1.82) is 0 Å². The first-order chi connectivity index (χ1) is 13.6. The van der Waals surface area contributed by atoms with Crippen molar-refractivity contribution in [1.82, 2.24) is 4.90 Å². The van der Waals surface area contributed by atoms with Crippen LogP contribution in [0.1, 0.15) is 52.0 Å². The third-order valence-corrected chi connectivity index (χ3v) is 7.88. The lowest BCUT2D eigenvalue weighted by atomic mass is 9.80. The van der Waals surface area contributed by atoms with E-state index in [1.54, 1.807) is 0 Å². The fourth-order valence-electron chi connectivity index (χ4n) is 5.43. The molecule has 2 aliphatic rings. The van der Waals surface area contributed by atoms with Gasteiger partial charge in [-0.25, -0.2) is 0 Å². The van der Waals surface area contributed by atoms with Gasteiger partial charge in [-0.3, -0.25) is 4.90 Å². The molecule has 0 bridgehead atoms. The summed E-state index contributed by atoms with van der Waals surface area (Å²) in [4.78, 5) is 2.57. The summed E-state index contributed by atoms with van der Waals surface area (Å²) < 4.78 is 6.47. The Hall–Kier alpha value is -0.393. The van der Waals surface area contributed by atoms with Crippen molar-refractivity contribution in [3.05, 3.63) is 34.9 Å². The van der Waals surface area contributed by atoms with Crippen molar-refractivity contribution in [3.63, 3.8) is 0 Å². The minimum atomic E-state index is -1.11. The highest BCUT2D eigenvalue weighted by Gasteiger charge is 2.44. The summed E-state index contributed by atoms with van der Waals surface area (Å²) in [6, 6.07) is 8.61. The fraction of sp³-hybridized carbons (Fsp3) is 0.750. The average molecular weight is 438 g/mol. The van der Waals surface area contributed by atoms with Crippen LogP contribution in [0.4, 0.5) is 0 Å². The van der Waals surface area contributed by atoms with Crippen LogP contribution >= 0.6 is 11.6 Å². The minimum Gasteiger partial charge on any atom is -0.417 e. The molecule has 0 aromatic heterocycles. The Morgan fingerprint density at radius 3 is 2.31 bits per heavy atom. The molecule has 1 aromatic rings. The summed E-state index contributed by atoms with van der Waals surface area (Å²) in [5.74, 6) is 1.20. The second kappa shape index (κ2) is 9.82. The van der Waals surface area contributed by atoms with Gasteiger partial charge in [0.2, 0.25) is 0 Å². The van der Waals surface area contributed by atoms with Crippen LogP contribution in [-0.2, 0) is 10.8 Å². The average Bonchev–Trinajstić information content (AvgIpc) is 3.02. The lowest BCUT2D eigenvalue weighted by Crippen LogP contribution is -2.45. The van der Waals surface area contributed by atoms with Crippen molar-refractivity contribution in [2.24, 2.45) is 17.3 Å². The van der Waals surface area contributed by atoms with E-state index in [0.717, 1.165) is 43.3 Å². The summed E-state index contributed by atoms with van der Waals surface area (Å²) in [7, 11) is -1.11. The Balaban J connectivity index is 1.54. The van der Waals surface area contributed by atoms with Crippen LogP contribution in [0.3, 0.4) is 0 Å². The molecule has 0 radical (unpaired) electrons. The number of aliphatic hydroxyl groups is 1. The summed E-state index contributed by atoms with van der Waals surface area (Å²) >= 11 is 6.01. The van der Waals surface area contributed by atoms with Crippen LogP contribution in [-0.4, -0.2) is 50.4 Å². The molecule has 1 aliphatic carbocycles. The molecule has 29 heavy (non-hydrogen) atoms. The van der Waals surface area contributed by atoms with E-state index in [0.29, 0.717) is 12.0 Å². The van der Waals surface area contributed by atoms with Crippen molar-refractivity contribution in [2.75, 3.05) is 13.1 Å². The van der Waals surface area contributed by atoms with Gasteiger partial charge in [-0.1, -0.05) is 44.5 Å². The predicted octanol–water partition coefficient (Wildman–Crippen LogP) is 5.15. The first-order valence-electron chi connectivity index (χ1n) is 11.5. The molecule has 1 N–H and O–H groups in total.